The first-order valence-electron chi connectivity index (χ1n) is 10.9. The Balaban J connectivity index is 1.56. The molecule has 0 unspecified atom stereocenters. The van der Waals surface area contributed by atoms with Gasteiger partial charge in [0.2, 0.25) is 0 Å². The molecule has 27 heavy (non-hydrogen) atoms. The third-order valence-electron chi connectivity index (χ3n) is 7.38. The normalized spacial score (nSPS) is 34.7. The molecule has 0 aliphatic heterocycles. The molecule has 5 atom stereocenters. The van der Waals surface area contributed by atoms with Crippen LogP contribution in [0.2, 0.25) is 0 Å². The van der Waals surface area contributed by atoms with Crippen molar-refractivity contribution in [3.05, 3.63) is 23.8 Å². The lowest BCUT2D eigenvalue weighted by Gasteiger charge is -2.45. The summed E-state index contributed by atoms with van der Waals surface area (Å²) < 4.78 is 0. The molecule has 0 aromatic heterocycles. The summed E-state index contributed by atoms with van der Waals surface area (Å²) in [4.78, 5) is 10.6. The van der Waals surface area contributed by atoms with E-state index in [4.69, 9.17) is 5.11 Å². The van der Waals surface area contributed by atoms with Gasteiger partial charge in [0.1, 0.15) is 0 Å². The van der Waals surface area contributed by atoms with Crippen molar-refractivity contribution in [1.29, 1.82) is 0 Å². The lowest BCUT2D eigenvalue weighted by atomic mass is 9.62. The molecule has 4 heteroatoms. The van der Waals surface area contributed by atoms with Crippen LogP contribution < -0.4 is 0 Å². The molecule has 3 aliphatic carbocycles. The van der Waals surface area contributed by atoms with Crippen LogP contribution >= 0.6 is 0 Å². The van der Waals surface area contributed by atoms with Gasteiger partial charge in [-0.3, -0.25) is 4.79 Å². The topological polar surface area (TPSA) is 77.8 Å². The number of hydrogen-bond donors (Lipinski definition) is 3. The minimum absolute atomic E-state index is 0.0824. The van der Waals surface area contributed by atoms with Crippen molar-refractivity contribution in [3.63, 3.8) is 0 Å². The number of aliphatic carboxylic acids is 1. The number of fused-ring (bicyclic) bond motifs is 1. The van der Waals surface area contributed by atoms with Gasteiger partial charge in [-0.1, -0.05) is 43.6 Å². The van der Waals surface area contributed by atoms with Gasteiger partial charge in [0, 0.05) is 12.3 Å². The Morgan fingerprint density at radius 1 is 1.33 bits per heavy atom. The molecule has 3 N–H and O–H groups in total. The van der Waals surface area contributed by atoms with E-state index in [-0.39, 0.29) is 30.0 Å². The number of allylic oxidation sites excluding steroid dienone is 2. The van der Waals surface area contributed by atoms with Crippen molar-refractivity contribution in [2.24, 2.45) is 23.2 Å². The highest BCUT2D eigenvalue weighted by atomic mass is 16.4. The van der Waals surface area contributed by atoms with Crippen LogP contribution in [0.1, 0.15) is 77.6 Å². The van der Waals surface area contributed by atoms with E-state index in [9.17, 15) is 15.0 Å². The second-order valence-corrected chi connectivity index (χ2v) is 9.16. The smallest absolute Gasteiger partial charge is 0.303 e. The van der Waals surface area contributed by atoms with E-state index in [0.717, 1.165) is 51.4 Å². The van der Waals surface area contributed by atoms with Gasteiger partial charge in [0.25, 0.3) is 0 Å². The molecule has 0 spiro atoms. The lowest BCUT2D eigenvalue weighted by Crippen LogP contribution is -2.40. The van der Waals surface area contributed by atoms with Gasteiger partial charge in [-0.2, -0.15) is 0 Å². The van der Waals surface area contributed by atoms with Crippen molar-refractivity contribution < 1.29 is 20.1 Å². The summed E-state index contributed by atoms with van der Waals surface area (Å²) in [5, 5.41) is 30.0. The zero-order valence-electron chi connectivity index (χ0n) is 16.6. The minimum Gasteiger partial charge on any atom is -0.481 e. The van der Waals surface area contributed by atoms with Gasteiger partial charge >= 0.3 is 5.97 Å². The molecule has 0 saturated heterocycles. The van der Waals surface area contributed by atoms with Crippen LogP contribution in [-0.2, 0) is 4.79 Å². The van der Waals surface area contributed by atoms with Crippen LogP contribution in [0, 0.1) is 23.2 Å². The number of unbranched alkanes of at least 4 members (excludes halogenated alkanes) is 1. The van der Waals surface area contributed by atoms with Gasteiger partial charge in [-0.15, -0.1) is 0 Å². The standard InChI is InChI=1S/C23H36O4/c1-2-10-23(11-5-12-23)21(25)9-8-18-19-14-16(6-3-4-7-22(26)27)13-17(19)15-20(18)24/h6,8-9,17-21,24-25H,2-5,7,10-15H2,1H3,(H,26,27)/b9-8+,16-6+/t17-,18-,19+,20-,21+/m1/s1. The van der Waals surface area contributed by atoms with E-state index in [1.807, 2.05) is 6.08 Å². The van der Waals surface area contributed by atoms with E-state index in [2.05, 4.69) is 19.1 Å². The van der Waals surface area contributed by atoms with Crippen molar-refractivity contribution in [2.75, 3.05) is 0 Å². The van der Waals surface area contributed by atoms with Gasteiger partial charge in [0.15, 0.2) is 0 Å². The number of carboxylic acids is 1. The Morgan fingerprint density at radius 2 is 2.11 bits per heavy atom. The number of rotatable bonds is 9. The molecule has 0 aromatic rings. The number of carbonyl (C=O) groups is 1. The van der Waals surface area contributed by atoms with E-state index in [1.165, 1.54) is 12.0 Å². The largest absolute Gasteiger partial charge is 0.481 e. The molecule has 4 nitrogen and oxygen atoms in total. The zero-order valence-corrected chi connectivity index (χ0v) is 16.6. The number of hydrogen-bond acceptors (Lipinski definition) is 3. The van der Waals surface area contributed by atoms with E-state index >= 15 is 0 Å². The quantitative estimate of drug-likeness (QED) is 0.410. The van der Waals surface area contributed by atoms with Crippen LogP contribution in [0.15, 0.2) is 23.8 Å². The fourth-order valence-electron chi connectivity index (χ4n) is 5.76. The Labute approximate surface area is 163 Å². The van der Waals surface area contributed by atoms with Gasteiger partial charge in [-0.25, -0.2) is 0 Å². The summed E-state index contributed by atoms with van der Waals surface area (Å²) in [6.45, 7) is 2.19. The number of aliphatic hydroxyl groups excluding tert-OH is 2. The van der Waals surface area contributed by atoms with E-state index < -0.39 is 5.97 Å². The molecular weight excluding hydrogens is 340 g/mol. The van der Waals surface area contributed by atoms with E-state index in [1.54, 1.807) is 0 Å². The maximum Gasteiger partial charge on any atom is 0.303 e. The highest BCUT2D eigenvalue weighted by molar-refractivity contribution is 5.66. The number of carboxylic acid groups (broad SMARTS) is 1. The maximum atomic E-state index is 10.7. The van der Waals surface area contributed by atoms with Crippen LogP contribution in [0.4, 0.5) is 0 Å². The van der Waals surface area contributed by atoms with E-state index in [0.29, 0.717) is 18.3 Å². The van der Waals surface area contributed by atoms with Crippen LogP contribution in [0.5, 0.6) is 0 Å². The zero-order chi connectivity index (χ0) is 19.4. The van der Waals surface area contributed by atoms with Crippen LogP contribution in [0.25, 0.3) is 0 Å². The molecule has 3 rings (SSSR count). The molecule has 0 radical (unpaired) electrons. The van der Waals surface area contributed by atoms with Gasteiger partial charge in [-0.05, 0) is 68.6 Å². The Kier molecular flexibility index (Phi) is 6.80. The summed E-state index contributed by atoms with van der Waals surface area (Å²) >= 11 is 0. The number of aliphatic hydroxyl groups is 2. The molecule has 0 bridgehead atoms. The summed E-state index contributed by atoms with van der Waals surface area (Å²) in [6.07, 6.45) is 16.0. The summed E-state index contributed by atoms with van der Waals surface area (Å²) in [5.41, 5.74) is 1.52. The first-order chi connectivity index (χ1) is 12.9. The second-order valence-electron chi connectivity index (χ2n) is 9.16. The molecule has 0 heterocycles. The molecule has 152 valence electrons. The second kappa shape index (κ2) is 8.91. The highest BCUT2D eigenvalue weighted by Gasteiger charge is 2.46. The first kappa shape index (κ1) is 20.6. The molecular formula is C23H36O4. The summed E-state index contributed by atoms with van der Waals surface area (Å²) in [7, 11) is 0. The van der Waals surface area contributed by atoms with Crippen LogP contribution in [-0.4, -0.2) is 33.5 Å². The molecule has 3 fully saturated rings. The molecule has 0 amide bonds. The summed E-state index contributed by atoms with van der Waals surface area (Å²) in [6, 6.07) is 0. The van der Waals surface area contributed by atoms with Crippen LogP contribution in [0.3, 0.4) is 0 Å². The molecule has 3 saturated carbocycles. The highest BCUT2D eigenvalue weighted by Crippen LogP contribution is 2.51. The monoisotopic (exact) mass is 376 g/mol. The fourth-order valence-corrected chi connectivity index (χ4v) is 5.76. The molecule has 3 aliphatic rings. The van der Waals surface area contributed by atoms with Gasteiger partial charge in [0.05, 0.1) is 12.2 Å². The Morgan fingerprint density at radius 3 is 2.74 bits per heavy atom. The lowest BCUT2D eigenvalue weighted by molar-refractivity contribution is -0.137. The third kappa shape index (κ3) is 4.65. The average Bonchev–Trinajstić information content (AvgIpc) is 3.09. The average molecular weight is 377 g/mol. The maximum absolute atomic E-state index is 10.7. The minimum atomic E-state index is -0.726. The predicted octanol–water partition coefficient (Wildman–Crippen LogP) is 4.46. The van der Waals surface area contributed by atoms with Crippen molar-refractivity contribution in [2.45, 2.75) is 89.8 Å². The predicted molar refractivity (Wildman–Crippen MR) is 106 cm³/mol. The Hall–Kier alpha value is -1.13. The molecule has 0 aromatic carbocycles. The van der Waals surface area contributed by atoms with Crippen molar-refractivity contribution >= 4 is 5.97 Å². The fraction of sp³-hybridized carbons (Fsp3) is 0.783. The van der Waals surface area contributed by atoms with Gasteiger partial charge < -0.3 is 15.3 Å². The SMILES string of the molecule is CCCC1([C@@H](O)/C=C/[C@@H]2[C@H]3C/C(=C/CCCC(=O)O)C[C@@H]3C[C@H]2O)CCC1. The van der Waals surface area contributed by atoms with Crippen molar-refractivity contribution in [3.8, 4) is 0 Å². The summed E-state index contributed by atoms with van der Waals surface area (Å²) in [5.74, 6) is 0.424. The van der Waals surface area contributed by atoms with Crippen molar-refractivity contribution in [1.82, 2.24) is 0 Å². The first-order valence-corrected chi connectivity index (χ1v) is 10.9. The third-order valence-corrected chi connectivity index (χ3v) is 7.38. The Bertz CT molecular complexity index is 575.